The Bertz CT molecular complexity index is 675. The fourth-order valence-corrected chi connectivity index (χ4v) is 2.70. The van der Waals surface area contributed by atoms with Gasteiger partial charge in [-0.1, -0.05) is 12.1 Å². The van der Waals surface area contributed by atoms with Crippen LogP contribution in [0.1, 0.15) is 16.1 Å². The zero-order valence-corrected chi connectivity index (χ0v) is 11.8. The molecule has 0 saturated carbocycles. The molecule has 0 spiro atoms. The lowest BCUT2D eigenvalue weighted by molar-refractivity contribution is 0.0660. The van der Waals surface area contributed by atoms with Crippen molar-refractivity contribution in [1.82, 2.24) is 9.80 Å². The normalized spacial score (nSPS) is 17.4. The van der Waals surface area contributed by atoms with Gasteiger partial charge in [0.25, 0.3) is 0 Å². The maximum absolute atomic E-state index is 13.8. The predicted molar refractivity (Wildman–Crippen MR) is 75.9 cm³/mol. The maximum atomic E-state index is 13.8. The van der Waals surface area contributed by atoms with Crippen LogP contribution in [0.4, 0.5) is 4.39 Å². The summed E-state index contributed by atoms with van der Waals surface area (Å²) in [6.07, 6.45) is 0. The van der Waals surface area contributed by atoms with Crippen LogP contribution in [0.3, 0.4) is 0 Å². The Morgan fingerprint density at radius 1 is 1.33 bits per heavy atom. The number of fused-ring (bicyclic) bond motifs is 1. The minimum Gasteiger partial charge on any atom is -0.475 e. The molecule has 2 aromatic rings. The van der Waals surface area contributed by atoms with Crippen LogP contribution in [0.5, 0.6) is 0 Å². The number of halogens is 1. The standard InChI is InChI=1S/C15H17FN2O3/c1-17-5-7-18(8-6-17)9-11-10-3-2-4-12(16)13(10)21-14(11)15(19)20/h2-4H,5-9H2,1H3,(H,19,20). The number of para-hydroxylation sites is 1. The van der Waals surface area contributed by atoms with Crippen LogP contribution in [0.2, 0.25) is 0 Å². The van der Waals surface area contributed by atoms with Gasteiger partial charge in [0, 0.05) is 43.7 Å². The smallest absolute Gasteiger partial charge is 0.372 e. The molecule has 0 amide bonds. The molecule has 2 heterocycles. The highest BCUT2D eigenvalue weighted by atomic mass is 19.1. The number of nitrogens with zero attached hydrogens (tertiary/aromatic N) is 2. The first-order valence-corrected chi connectivity index (χ1v) is 6.90. The van der Waals surface area contributed by atoms with E-state index >= 15 is 0 Å². The third-order valence-electron chi connectivity index (χ3n) is 3.94. The van der Waals surface area contributed by atoms with Gasteiger partial charge in [0.1, 0.15) is 0 Å². The molecule has 1 aliphatic heterocycles. The molecule has 1 aromatic carbocycles. The van der Waals surface area contributed by atoms with Gasteiger partial charge < -0.3 is 14.4 Å². The van der Waals surface area contributed by atoms with Crippen LogP contribution in [0, 0.1) is 5.82 Å². The lowest BCUT2D eigenvalue weighted by Crippen LogP contribution is -2.44. The summed E-state index contributed by atoms with van der Waals surface area (Å²) in [5, 5.41) is 9.83. The SMILES string of the molecule is CN1CCN(Cc2c(C(=O)O)oc3c(F)cccc23)CC1. The van der Waals surface area contributed by atoms with Gasteiger partial charge in [-0.05, 0) is 13.1 Å². The van der Waals surface area contributed by atoms with E-state index in [0.717, 1.165) is 26.2 Å². The number of piperazine rings is 1. The number of carbonyl (C=O) groups is 1. The third kappa shape index (κ3) is 2.64. The topological polar surface area (TPSA) is 56.9 Å². The van der Waals surface area contributed by atoms with Gasteiger partial charge in [0.2, 0.25) is 5.76 Å². The van der Waals surface area contributed by atoms with Gasteiger partial charge in [-0.15, -0.1) is 0 Å². The van der Waals surface area contributed by atoms with Crippen molar-refractivity contribution in [2.24, 2.45) is 0 Å². The molecule has 0 radical (unpaired) electrons. The van der Waals surface area contributed by atoms with E-state index in [1.54, 1.807) is 12.1 Å². The molecule has 0 unspecified atom stereocenters. The Labute approximate surface area is 121 Å². The Morgan fingerprint density at radius 3 is 2.71 bits per heavy atom. The number of hydrogen-bond donors (Lipinski definition) is 1. The number of benzene rings is 1. The molecular formula is C15H17FN2O3. The van der Waals surface area contributed by atoms with E-state index in [0.29, 0.717) is 17.5 Å². The Kier molecular flexibility index (Phi) is 3.65. The molecule has 0 atom stereocenters. The molecule has 112 valence electrons. The van der Waals surface area contributed by atoms with Gasteiger partial charge in [-0.2, -0.15) is 0 Å². The van der Waals surface area contributed by atoms with Gasteiger partial charge in [0.15, 0.2) is 11.4 Å². The first-order chi connectivity index (χ1) is 10.1. The summed E-state index contributed by atoms with van der Waals surface area (Å²) >= 11 is 0. The van der Waals surface area contributed by atoms with E-state index in [2.05, 4.69) is 16.8 Å². The molecule has 1 fully saturated rings. The number of furan rings is 1. The molecule has 21 heavy (non-hydrogen) atoms. The van der Waals surface area contributed by atoms with Crippen LogP contribution in [0.15, 0.2) is 22.6 Å². The lowest BCUT2D eigenvalue weighted by atomic mass is 10.1. The molecule has 0 bridgehead atoms. The van der Waals surface area contributed by atoms with Gasteiger partial charge in [0.05, 0.1) is 0 Å². The number of aromatic carboxylic acids is 1. The van der Waals surface area contributed by atoms with Crippen LogP contribution in [-0.2, 0) is 6.54 Å². The first kappa shape index (κ1) is 14.0. The maximum Gasteiger partial charge on any atom is 0.372 e. The number of carboxylic acid groups (broad SMARTS) is 1. The highest BCUT2D eigenvalue weighted by Gasteiger charge is 2.24. The van der Waals surface area contributed by atoms with Crippen molar-refractivity contribution in [2.45, 2.75) is 6.54 Å². The van der Waals surface area contributed by atoms with Gasteiger partial charge in [-0.25, -0.2) is 9.18 Å². The Hall–Kier alpha value is -1.92. The molecule has 1 N–H and O–H groups in total. The Morgan fingerprint density at radius 2 is 2.05 bits per heavy atom. The number of likely N-dealkylation sites (N-methyl/N-ethyl adjacent to an activating group) is 1. The largest absolute Gasteiger partial charge is 0.475 e. The summed E-state index contributed by atoms with van der Waals surface area (Å²) in [4.78, 5) is 15.7. The highest BCUT2D eigenvalue weighted by Crippen LogP contribution is 2.29. The average molecular weight is 292 g/mol. The molecule has 5 nitrogen and oxygen atoms in total. The lowest BCUT2D eigenvalue weighted by Gasteiger charge is -2.32. The Balaban J connectivity index is 1.98. The molecule has 0 aliphatic carbocycles. The van der Waals surface area contributed by atoms with E-state index in [9.17, 15) is 14.3 Å². The van der Waals surface area contributed by atoms with E-state index in [-0.39, 0.29) is 11.3 Å². The second kappa shape index (κ2) is 5.46. The number of carboxylic acids is 1. The van der Waals surface area contributed by atoms with Crippen molar-refractivity contribution in [3.05, 3.63) is 35.3 Å². The van der Waals surface area contributed by atoms with Crippen molar-refractivity contribution in [3.63, 3.8) is 0 Å². The number of hydrogen-bond acceptors (Lipinski definition) is 4. The molecular weight excluding hydrogens is 275 g/mol. The minimum atomic E-state index is -1.16. The van der Waals surface area contributed by atoms with Crippen LogP contribution >= 0.6 is 0 Å². The van der Waals surface area contributed by atoms with Crippen LogP contribution in [-0.4, -0.2) is 54.1 Å². The van der Waals surface area contributed by atoms with E-state index in [1.807, 2.05) is 0 Å². The molecule has 1 aromatic heterocycles. The monoisotopic (exact) mass is 292 g/mol. The third-order valence-corrected chi connectivity index (χ3v) is 3.94. The predicted octanol–water partition coefficient (Wildman–Crippen LogP) is 2.02. The molecule has 1 saturated heterocycles. The second-order valence-corrected chi connectivity index (χ2v) is 5.41. The zero-order chi connectivity index (χ0) is 15.0. The summed E-state index contributed by atoms with van der Waals surface area (Å²) in [5.41, 5.74) is 0.584. The zero-order valence-electron chi connectivity index (χ0n) is 11.8. The average Bonchev–Trinajstić information content (AvgIpc) is 2.82. The van der Waals surface area contributed by atoms with Crippen molar-refractivity contribution in [2.75, 3.05) is 33.2 Å². The molecule has 3 rings (SSSR count). The molecule has 1 aliphatic rings. The first-order valence-electron chi connectivity index (χ1n) is 6.90. The summed E-state index contributed by atoms with van der Waals surface area (Å²) in [6.45, 7) is 4.06. The second-order valence-electron chi connectivity index (χ2n) is 5.41. The summed E-state index contributed by atoms with van der Waals surface area (Å²) in [5.74, 6) is -1.84. The van der Waals surface area contributed by atoms with E-state index < -0.39 is 11.8 Å². The van der Waals surface area contributed by atoms with E-state index in [1.165, 1.54) is 6.07 Å². The fraction of sp³-hybridized carbons (Fsp3) is 0.400. The van der Waals surface area contributed by atoms with Crippen molar-refractivity contribution in [3.8, 4) is 0 Å². The van der Waals surface area contributed by atoms with Crippen molar-refractivity contribution < 1.29 is 18.7 Å². The summed E-state index contributed by atoms with van der Waals surface area (Å²) in [7, 11) is 2.06. The summed E-state index contributed by atoms with van der Waals surface area (Å²) < 4.78 is 19.0. The van der Waals surface area contributed by atoms with Gasteiger partial charge in [-0.3, -0.25) is 4.90 Å². The summed E-state index contributed by atoms with van der Waals surface area (Å²) in [6, 6.07) is 4.56. The van der Waals surface area contributed by atoms with Gasteiger partial charge >= 0.3 is 5.97 Å². The van der Waals surface area contributed by atoms with Crippen LogP contribution < -0.4 is 0 Å². The van der Waals surface area contributed by atoms with Crippen molar-refractivity contribution in [1.29, 1.82) is 0 Å². The quantitative estimate of drug-likeness (QED) is 0.938. The minimum absolute atomic E-state index is 0.0269. The number of rotatable bonds is 3. The highest BCUT2D eigenvalue weighted by molar-refractivity contribution is 5.95. The van der Waals surface area contributed by atoms with Crippen LogP contribution in [0.25, 0.3) is 11.0 Å². The fourth-order valence-electron chi connectivity index (χ4n) is 2.70. The van der Waals surface area contributed by atoms with E-state index in [4.69, 9.17) is 4.42 Å². The van der Waals surface area contributed by atoms with Crippen molar-refractivity contribution >= 4 is 16.9 Å². The molecule has 6 heteroatoms.